The minimum absolute atomic E-state index is 0.163. The van der Waals surface area contributed by atoms with Crippen LogP contribution in [0.5, 0.6) is 5.75 Å². The summed E-state index contributed by atoms with van der Waals surface area (Å²) < 4.78 is 6.76. The summed E-state index contributed by atoms with van der Waals surface area (Å²) in [6.45, 7) is 2.84. The molecule has 21 heavy (non-hydrogen) atoms. The van der Waals surface area contributed by atoms with Crippen molar-refractivity contribution in [2.75, 3.05) is 6.61 Å². The van der Waals surface area contributed by atoms with E-state index >= 15 is 0 Å². The van der Waals surface area contributed by atoms with E-state index in [1.54, 1.807) is 11.3 Å². The molecule has 0 fully saturated rings. The fourth-order valence-corrected chi connectivity index (χ4v) is 3.00. The number of nitrogens with zero attached hydrogens (tertiary/aromatic N) is 1. The molecule has 0 spiro atoms. The highest BCUT2D eigenvalue weighted by Crippen LogP contribution is 2.26. The van der Waals surface area contributed by atoms with Crippen molar-refractivity contribution < 1.29 is 4.74 Å². The molecule has 2 heterocycles. The zero-order valence-corrected chi connectivity index (χ0v) is 12.8. The van der Waals surface area contributed by atoms with Crippen LogP contribution in [0.4, 0.5) is 0 Å². The van der Waals surface area contributed by atoms with Gasteiger partial charge in [-0.3, -0.25) is 4.98 Å². The van der Waals surface area contributed by atoms with E-state index in [-0.39, 0.29) is 6.04 Å². The van der Waals surface area contributed by atoms with Crippen molar-refractivity contribution in [1.29, 1.82) is 0 Å². The largest absolute Gasteiger partial charge is 0.494 e. The smallest absolute Gasteiger partial charge is 0.119 e. The molecule has 2 aromatic heterocycles. The fraction of sp³-hybridized carbons (Fsp3) is 0.235. The number of benzene rings is 1. The highest BCUT2D eigenvalue weighted by Gasteiger charge is 2.10. The molecule has 0 bridgehead atoms. The third kappa shape index (κ3) is 3.06. The maximum absolute atomic E-state index is 6.35. The van der Waals surface area contributed by atoms with Crippen molar-refractivity contribution >= 4 is 21.6 Å². The Labute approximate surface area is 128 Å². The Morgan fingerprint density at radius 2 is 2.00 bits per heavy atom. The molecular formula is C17H18N2OS. The third-order valence-corrected chi connectivity index (χ3v) is 4.25. The summed E-state index contributed by atoms with van der Waals surface area (Å²) in [6.07, 6.45) is 2.87. The summed E-state index contributed by atoms with van der Waals surface area (Å²) in [4.78, 5) is 4.45. The Morgan fingerprint density at radius 1 is 1.19 bits per heavy atom. The van der Waals surface area contributed by atoms with Crippen LogP contribution in [0.1, 0.15) is 30.5 Å². The van der Waals surface area contributed by atoms with E-state index in [1.807, 2.05) is 41.9 Å². The lowest BCUT2D eigenvalue weighted by Crippen LogP contribution is -2.12. The van der Waals surface area contributed by atoms with Crippen LogP contribution >= 0.6 is 11.3 Å². The van der Waals surface area contributed by atoms with E-state index in [9.17, 15) is 0 Å². The Bertz CT molecular complexity index is 721. The average molecular weight is 298 g/mol. The monoisotopic (exact) mass is 298 g/mol. The van der Waals surface area contributed by atoms with Crippen LogP contribution in [0.25, 0.3) is 10.2 Å². The van der Waals surface area contributed by atoms with Gasteiger partial charge in [-0.05, 0) is 47.2 Å². The number of rotatable bonds is 5. The number of nitrogens with two attached hydrogens (primary N) is 1. The van der Waals surface area contributed by atoms with Gasteiger partial charge in [-0.1, -0.05) is 19.1 Å². The highest BCUT2D eigenvalue weighted by atomic mass is 32.1. The highest BCUT2D eigenvalue weighted by molar-refractivity contribution is 7.17. The van der Waals surface area contributed by atoms with E-state index < -0.39 is 0 Å². The lowest BCUT2D eigenvalue weighted by atomic mass is 10.0. The van der Waals surface area contributed by atoms with Gasteiger partial charge >= 0.3 is 0 Å². The average Bonchev–Trinajstić information content (AvgIpc) is 3.00. The number of hydrogen-bond acceptors (Lipinski definition) is 4. The van der Waals surface area contributed by atoms with Gasteiger partial charge < -0.3 is 10.5 Å². The van der Waals surface area contributed by atoms with Gasteiger partial charge in [0.2, 0.25) is 0 Å². The molecule has 0 saturated heterocycles. The fourth-order valence-electron chi connectivity index (χ4n) is 2.22. The van der Waals surface area contributed by atoms with Crippen LogP contribution in [0.15, 0.2) is 48.0 Å². The molecular weight excluding hydrogens is 280 g/mol. The Kier molecular flexibility index (Phi) is 4.18. The van der Waals surface area contributed by atoms with Crippen molar-refractivity contribution in [3.63, 3.8) is 0 Å². The van der Waals surface area contributed by atoms with Gasteiger partial charge in [0.15, 0.2) is 0 Å². The molecule has 3 aromatic rings. The van der Waals surface area contributed by atoms with Gasteiger partial charge in [0.05, 0.1) is 22.9 Å². The number of pyridine rings is 1. The van der Waals surface area contributed by atoms with E-state index in [2.05, 4.69) is 18.0 Å². The molecule has 0 amide bonds. The molecule has 0 aliphatic rings. The van der Waals surface area contributed by atoms with Crippen LogP contribution < -0.4 is 10.5 Å². The standard InChI is InChI=1S/C17H18N2OS/c1-2-8-20-14-5-3-12(4-6-14)17(18)13-10-16-15(19-11-13)7-9-21-16/h3-7,9-11,17H,2,8,18H2,1H3. The number of aromatic nitrogens is 1. The molecule has 3 rings (SSSR count). The zero-order valence-electron chi connectivity index (χ0n) is 12.0. The molecule has 1 atom stereocenters. The Balaban J connectivity index is 1.81. The number of thiophene rings is 1. The molecule has 0 radical (unpaired) electrons. The van der Waals surface area contributed by atoms with E-state index in [0.29, 0.717) is 0 Å². The van der Waals surface area contributed by atoms with E-state index in [0.717, 1.165) is 35.4 Å². The van der Waals surface area contributed by atoms with E-state index in [4.69, 9.17) is 10.5 Å². The molecule has 0 aliphatic heterocycles. The maximum atomic E-state index is 6.35. The third-order valence-electron chi connectivity index (χ3n) is 3.40. The molecule has 1 unspecified atom stereocenters. The van der Waals surface area contributed by atoms with Gasteiger partial charge in [-0.25, -0.2) is 0 Å². The normalized spacial score (nSPS) is 12.5. The number of fused-ring (bicyclic) bond motifs is 1. The van der Waals surface area contributed by atoms with Gasteiger partial charge in [0.1, 0.15) is 5.75 Å². The van der Waals surface area contributed by atoms with Gasteiger partial charge in [-0.15, -0.1) is 11.3 Å². The summed E-state index contributed by atoms with van der Waals surface area (Å²) in [6, 6.07) is 12.0. The van der Waals surface area contributed by atoms with Crippen molar-refractivity contribution in [2.24, 2.45) is 5.73 Å². The Morgan fingerprint density at radius 3 is 2.76 bits per heavy atom. The van der Waals surface area contributed by atoms with Crippen molar-refractivity contribution in [3.05, 3.63) is 59.1 Å². The van der Waals surface area contributed by atoms with Crippen molar-refractivity contribution in [1.82, 2.24) is 4.98 Å². The van der Waals surface area contributed by atoms with Gasteiger partial charge in [-0.2, -0.15) is 0 Å². The molecule has 3 nitrogen and oxygen atoms in total. The first-order valence-corrected chi connectivity index (χ1v) is 7.97. The summed E-state index contributed by atoms with van der Waals surface area (Å²) in [5, 5.41) is 2.05. The predicted octanol–water partition coefficient (Wildman–Crippen LogP) is 4.13. The maximum Gasteiger partial charge on any atom is 0.119 e. The molecule has 0 saturated carbocycles. The van der Waals surface area contributed by atoms with Gasteiger partial charge in [0.25, 0.3) is 0 Å². The second-order valence-electron chi connectivity index (χ2n) is 4.97. The summed E-state index contributed by atoms with van der Waals surface area (Å²) in [7, 11) is 0. The first-order chi connectivity index (χ1) is 10.3. The van der Waals surface area contributed by atoms with Crippen molar-refractivity contribution in [2.45, 2.75) is 19.4 Å². The van der Waals surface area contributed by atoms with Crippen LogP contribution in [0.3, 0.4) is 0 Å². The quantitative estimate of drug-likeness (QED) is 0.770. The van der Waals surface area contributed by atoms with Crippen molar-refractivity contribution in [3.8, 4) is 5.75 Å². The zero-order chi connectivity index (χ0) is 14.7. The molecule has 4 heteroatoms. The van der Waals surface area contributed by atoms with Crippen LogP contribution in [-0.2, 0) is 0 Å². The molecule has 2 N–H and O–H groups in total. The minimum Gasteiger partial charge on any atom is -0.494 e. The van der Waals surface area contributed by atoms with E-state index in [1.165, 1.54) is 4.70 Å². The lowest BCUT2D eigenvalue weighted by molar-refractivity contribution is 0.317. The summed E-state index contributed by atoms with van der Waals surface area (Å²) in [5.74, 6) is 0.889. The Hall–Kier alpha value is -1.91. The summed E-state index contributed by atoms with van der Waals surface area (Å²) >= 11 is 1.69. The van der Waals surface area contributed by atoms with Crippen LogP contribution in [0.2, 0.25) is 0 Å². The second kappa shape index (κ2) is 6.24. The summed E-state index contributed by atoms with van der Waals surface area (Å²) in [5.41, 5.74) is 9.48. The number of ether oxygens (including phenoxy) is 1. The molecule has 108 valence electrons. The lowest BCUT2D eigenvalue weighted by Gasteiger charge is -2.13. The number of hydrogen-bond donors (Lipinski definition) is 1. The predicted molar refractivity (Wildman–Crippen MR) is 87.9 cm³/mol. The first-order valence-electron chi connectivity index (χ1n) is 7.09. The minimum atomic E-state index is -0.163. The first kappa shape index (κ1) is 14.0. The SMILES string of the molecule is CCCOc1ccc(C(N)c2cnc3ccsc3c2)cc1. The second-order valence-corrected chi connectivity index (χ2v) is 5.92. The topological polar surface area (TPSA) is 48.1 Å². The molecule has 0 aliphatic carbocycles. The van der Waals surface area contributed by atoms with Crippen LogP contribution in [-0.4, -0.2) is 11.6 Å². The van der Waals surface area contributed by atoms with Crippen LogP contribution in [0, 0.1) is 0 Å². The molecule has 1 aromatic carbocycles. The van der Waals surface area contributed by atoms with Gasteiger partial charge in [0, 0.05) is 6.20 Å².